The van der Waals surface area contributed by atoms with E-state index in [0.717, 1.165) is 10.9 Å². The molecule has 0 amide bonds. The van der Waals surface area contributed by atoms with Crippen molar-refractivity contribution < 1.29 is 4.79 Å². The van der Waals surface area contributed by atoms with E-state index in [1.165, 1.54) is 16.5 Å². The van der Waals surface area contributed by atoms with Gasteiger partial charge >= 0.3 is 0 Å². The van der Waals surface area contributed by atoms with Crippen LogP contribution in [0.4, 0.5) is 0 Å². The molecule has 2 heteroatoms. The minimum Gasteiger partial charge on any atom is -0.309 e. The molecule has 0 fully saturated rings. The van der Waals surface area contributed by atoms with Crippen molar-refractivity contribution in [2.75, 3.05) is 6.54 Å². The molecule has 0 bridgehead atoms. The quantitative estimate of drug-likeness (QED) is 0.556. The lowest BCUT2D eigenvalue weighted by Gasteiger charge is -2.23. The van der Waals surface area contributed by atoms with E-state index in [4.69, 9.17) is 0 Å². The first-order valence-corrected chi connectivity index (χ1v) is 9.37. The molecular weight excluding hydrogens is 318 g/mol. The highest BCUT2D eigenvalue weighted by Crippen LogP contribution is 2.22. The predicted molar refractivity (Wildman–Crippen MR) is 110 cm³/mol. The first-order valence-electron chi connectivity index (χ1n) is 9.37. The Hall–Kier alpha value is -2.45. The molecule has 0 saturated carbocycles. The molecule has 134 valence electrons. The van der Waals surface area contributed by atoms with Crippen LogP contribution in [-0.4, -0.2) is 12.3 Å². The van der Waals surface area contributed by atoms with Gasteiger partial charge in [-0.15, -0.1) is 0 Å². The molecule has 1 unspecified atom stereocenters. The van der Waals surface area contributed by atoms with Crippen LogP contribution in [0.5, 0.6) is 0 Å². The van der Waals surface area contributed by atoms with Crippen LogP contribution >= 0.6 is 0 Å². The zero-order valence-electron chi connectivity index (χ0n) is 15.8. The normalized spacial score (nSPS) is 12.5. The maximum Gasteiger partial charge on any atom is 0.164 e. The summed E-state index contributed by atoms with van der Waals surface area (Å²) in [6.45, 7) is 7.20. The number of hydrogen-bond donors (Lipinski definition) is 1. The van der Waals surface area contributed by atoms with Crippen LogP contribution in [0.25, 0.3) is 10.8 Å². The number of carbonyl (C=O) groups excluding carboxylic acids is 1. The zero-order valence-corrected chi connectivity index (χ0v) is 15.8. The largest absolute Gasteiger partial charge is 0.309 e. The summed E-state index contributed by atoms with van der Waals surface area (Å²) in [6, 6.07) is 23.0. The molecule has 2 nitrogen and oxygen atoms in total. The van der Waals surface area contributed by atoms with Crippen LogP contribution in [0.3, 0.4) is 0 Å². The summed E-state index contributed by atoms with van der Waals surface area (Å²) >= 11 is 0. The SMILES string of the molecule is Cc1cccc2cc(C(=O)CCNC(c3ccccc3)C(C)C)ccc12. The van der Waals surface area contributed by atoms with E-state index < -0.39 is 0 Å². The average Bonchev–Trinajstić information content (AvgIpc) is 2.65. The fraction of sp³-hybridized carbons (Fsp3) is 0.292. The van der Waals surface area contributed by atoms with Gasteiger partial charge in [-0.2, -0.15) is 0 Å². The Kier molecular flexibility index (Phi) is 5.85. The van der Waals surface area contributed by atoms with Gasteiger partial charge in [0, 0.05) is 24.6 Å². The minimum atomic E-state index is 0.191. The number of Topliss-reactive ketones (excluding diaryl/α,β-unsaturated/α-hetero) is 1. The Morgan fingerprint density at radius 2 is 1.73 bits per heavy atom. The first kappa shape index (κ1) is 18.3. The van der Waals surface area contributed by atoms with Gasteiger partial charge in [0.05, 0.1) is 0 Å². The fourth-order valence-electron chi connectivity index (χ4n) is 3.50. The number of rotatable bonds is 7. The lowest BCUT2D eigenvalue weighted by molar-refractivity contribution is 0.0981. The van der Waals surface area contributed by atoms with Gasteiger partial charge in [-0.3, -0.25) is 4.79 Å². The molecule has 0 aromatic heterocycles. The van der Waals surface area contributed by atoms with Crippen molar-refractivity contribution in [3.05, 3.63) is 83.4 Å². The highest BCUT2D eigenvalue weighted by molar-refractivity contribution is 6.00. The second-order valence-corrected chi connectivity index (χ2v) is 7.27. The molecular formula is C24H27NO. The molecule has 3 rings (SSSR count). The Labute approximate surface area is 156 Å². The van der Waals surface area contributed by atoms with Crippen molar-refractivity contribution in [1.29, 1.82) is 0 Å². The molecule has 3 aromatic rings. The lowest BCUT2D eigenvalue weighted by atomic mass is 9.95. The highest BCUT2D eigenvalue weighted by Gasteiger charge is 2.15. The van der Waals surface area contributed by atoms with Gasteiger partial charge in [-0.05, 0) is 40.8 Å². The topological polar surface area (TPSA) is 29.1 Å². The standard InChI is InChI=1S/C24H27NO/c1-17(2)24(19-9-5-4-6-10-19)25-15-14-23(26)21-12-13-22-18(3)8-7-11-20(22)16-21/h4-13,16-17,24-25H,14-15H2,1-3H3. The molecule has 0 aliphatic rings. The van der Waals surface area contributed by atoms with Gasteiger partial charge in [0.25, 0.3) is 0 Å². The van der Waals surface area contributed by atoms with Crippen LogP contribution < -0.4 is 5.32 Å². The zero-order chi connectivity index (χ0) is 18.5. The second-order valence-electron chi connectivity index (χ2n) is 7.27. The summed E-state index contributed by atoms with van der Waals surface area (Å²) in [6.07, 6.45) is 0.507. The third-order valence-corrected chi connectivity index (χ3v) is 4.96. The third kappa shape index (κ3) is 4.20. The molecule has 0 aliphatic heterocycles. The van der Waals surface area contributed by atoms with Crippen molar-refractivity contribution in [3.8, 4) is 0 Å². The number of ketones is 1. The summed E-state index contributed by atoms with van der Waals surface area (Å²) < 4.78 is 0. The summed E-state index contributed by atoms with van der Waals surface area (Å²) in [5.41, 5.74) is 3.31. The molecule has 0 aliphatic carbocycles. The number of nitrogens with one attached hydrogen (secondary N) is 1. The molecule has 3 aromatic carbocycles. The van der Waals surface area contributed by atoms with Crippen molar-refractivity contribution >= 4 is 16.6 Å². The van der Waals surface area contributed by atoms with Crippen LogP contribution in [0, 0.1) is 12.8 Å². The average molecular weight is 345 g/mol. The van der Waals surface area contributed by atoms with Gasteiger partial charge in [-0.1, -0.05) is 74.5 Å². The maximum atomic E-state index is 12.6. The van der Waals surface area contributed by atoms with Crippen molar-refractivity contribution in [2.24, 2.45) is 5.92 Å². The molecule has 0 spiro atoms. The predicted octanol–water partition coefficient (Wildman–Crippen LogP) is 5.71. The summed E-state index contributed by atoms with van der Waals surface area (Å²) in [5.74, 6) is 0.660. The van der Waals surface area contributed by atoms with Gasteiger partial charge in [0.2, 0.25) is 0 Å². The molecule has 1 atom stereocenters. The van der Waals surface area contributed by atoms with Gasteiger partial charge < -0.3 is 5.32 Å². The molecule has 0 heterocycles. The number of aryl methyl sites for hydroxylation is 1. The van der Waals surface area contributed by atoms with Crippen molar-refractivity contribution in [1.82, 2.24) is 5.32 Å². The first-order chi connectivity index (χ1) is 12.6. The minimum absolute atomic E-state index is 0.191. The Morgan fingerprint density at radius 1 is 0.962 bits per heavy atom. The third-order valence-electron chi connectivity index (χ3n) is 4.96. The van der Waals surface area contributed by atoms with E-state index in [1.807, 2.05) is 24.3 Å². The smallest absolute Gasteiger partial charge is 0.164 e. The van der Waals surface area contributed by atoms with Gasteiger partial charge in [0.1, 0.15) is 0 Å². The number of fused-ring (bicyclic) bond motifs is 1. The number of carbonyl (C=O) groups is 1. The Morgan fingerprint density at radius 3 is 2.46 bits per heavy atom. The van der Waals surface area contributed by atoms with Crippen LogP contribution in [0.2, 0.25) is 0 Å². The van der Waals surface area contributed by atoms with Crippen LogP contribution in [0.1, 0.15) is 47.8 Å². The monoisotopic (exact) mass is 345 g/mol. The lowest BCUT2D eigenvalue weighted by Crippen LogP contribution is -2.28. The van der Waals surface area contributed by atoms with Gasteiger partial charge in [0.15, 0.2) is 5.78 Å². The Balaban J connectivity index is 1.65. The highest BCUT2D eigenvalue weighted by atomic mass is 16.1. The fourth-order valence-corrected chi connectivity index (χ4v) is 3.50. The maximum absolute atomic E-state index is 12.6. The van der Waals surface area contributed by atoms with Crippen LogP contribution in [0.15, 0.2) is 66.7 Å². The second kappa shape index (κ2) is 8.29. The molecule has 0 saturated heterocycles. The number of benzene rings is 3. The summed E-state index contributed by atoms with van der Waals surface area (Å²) in [5, 5.41) is 5.91. The molecule has 1 N–H and O–H groups in total. The molecule has 0 radical (unpaired) electrons. The van der Waals surface area contributed by atoms with Gasteiger partial charge in [-0.25, -0.2) is 0 Å². The van der Waals surface area contributed by atoms with E-state index in [9.17, 15) is 4.79 Å². The van der Waals surface area contributed by atoms with Crippen molar-refractivity contribution in [3.63, 3.8) is 0 Å². The molecule has 26 heavy (non-hydrogen) atoms. The van der Waals surface area contributed by atoms with Crippen molar-refractivity contribution in [2.45, 2.75) is 33.2 Å². The van der Waals surface area contributed by atoms with E-state index >= 15 is 0 Å². The summed E-state index contributed by atoms with van der Waals surface area (Å²) in [4.78, 5) is 12.6. The van der Waals surface area contributed by atoms with Crippen LogP contribution in [-0.2, 0) is 0 Å². The van der Waals surface area contributed by atoms with E-state index in [-0.39, 0.29) is 11.8 Å². The summed E-state index contributed by atoms with van der Waals surface area (Å²) in [7, 11) is 0. The number of hydrogen-bond acceptors (Lipinski definition) is 2. The van der Waals surface area contributed by atoms with E-state index in [1.54, 1.807) is 0 Å². The van der Waals surface area contributed by atoms with E-state index in [0.29, 0.717) is 18.9 Å². The van der Waals surface area contributed by atoms with E-state index in [2.05, 4.69) is 68.6 Å². The Bertz CT molecular complexity index is 883.